The van der Waals surface area contributed by atoms with Crippen molar-refractivity contribution in [2.75, 3.05) is 13.6 Å². The molecule has 6 heteroatoms. The normalized spacial score (nSPS) is 23.6. The number of carbonyl (C=O) groups is 1. The number of nitrogens with zero attached hydrogens (tertiary/aromatic N) is 1. The largest absolute Gasteiger partial charge is 0.489 e. The second-order valence-electron chi connectivity index (χ2n) is 8.18. The first-order valence-corrected chi connectivity index (χ1v) is 10.5. The lowest BCUT2D eigenvalue weighted by atomic mass is 9.85. The minimum absolute atomic E-state index is 0.0182. The Hall–Kier alpha value is -2.24. The number of amides is 1. The van der Waals surface area contributed by atoms with Crippen molar-refractivity contribution in [1.29, 1.82) is 0 Å². The summed E-state index contributed by atoms with van der Waals surface area (Å²) in [4.78, 5) is 16.7. The van der Waals surface area contributed by atoms with Gasteiger partial charge in [-0.2, -0.15) is 0 Å². The van der Waals surface area contributed by atoms with Crippen LogP contribution in [0.1, 0.15) is 51.0 Å². The summed E-state index contributed by atoms with van der Waals surface area (Å²) in [7, 11) is 1.78. The van der Waals surface area contributed by atoms with Crippen LogP contribution in [0.15, 0.2) is 29.3 Å². The van der Waals surface area contributed by atoms with Crippen LogP contribution in [0.25, 0.3) is 0 Å². The number of carbonyl (C=O) groups excluding carboxylic acids is 1. The summed E-state index contributed by atoms with van der Waals surface area (Å²) in [6.45, 7) is 4.76. The molecule has 0 aliphatic heterocycles. The Morgan fingerprint density at radius 3 is 2.57 bits per heavy atom. The average Bonchev–Trinajstić information content (AvgIpc) is 3.51. The fourth-order valence-electron chi connectivity index (χ4n) is 3.62. The number of aryl methyl sites for hydroxylation is 1. The Balaban J connectivity index is 1.41. The van der Waals surface area contributed by atoms with Crippen LogP contribution in [-0.2, 0) is 4.79 Å². The molecule has 0 bridgehead atoms. The first-order chi connectivity index (χ1) is 13.5. The van der Waals surface area contributed by atoms with Crippen molar-refractivity contribution in [2.24, 2.45) is 10.9 Å². The van der Waals surface area contributed by atoms with Gasteiger partial charge in [-0.25, -0.2) is 0 Å². The Morgan fingerprint density at radius 1 is 1.14 bits per heavy atom. The minimum atomic E-state index is 0.0182. The van der Waals surface area contributed by atoms with E-state index in [-0.39, 0.29) is 24.0 Å². The van der Waals surface area contributed by atoms with Crippen LogP contribution in [-0.4, -0.2) is 43.6 Å². The predicted octanol–water partition coefficient (Wildman–Crippen LogP) is 2.76. The van der Waals surface area contributed by atoms with Gasteiger partial charge < -0.3 is 20.7 Å². The van der Waals surface area contributed by atoms with Crippen molar-refractivity contribution in [3.63, 3.8) is 0 Å². The maximum Gasteiger partial charge on any atom is 0.223 e. The van der Waals surface area contributed by atoms with Gasteiger partial charge in [0.15, 0.2) is 5.96 Å². The Morgan fingerprint density at radius 2 is 1.89 bits per heavy atom. The van der Waals surface area contributed by atoms with E-state index in [4.69, 9.17) is 4.74 Å². The third kappa shape index (κ3) is 6.43. The van der Waals surface area contributed by atoms with Gasteiger partial charge in [0.2, 0.25) is 5.91 Å². The Labute approximate surface area is 168 Å². The molecule has 3 N–H and O–H groups in total. The van der Waals surface area contributed by atoms with Crippen molar-refractivity contribution in [3.05, 3.63) is 29.8 Å². The molecule has 1 aromatic carbocycles. The number of rotatable bonds is 7. The molecule has 2 aliphatic carbocycles. The molecule has 3 unspecified atom stereocenters. The topological polar surface area (TPSA) is 74.8 Å². The summed E-state index contributed by atoms with van der Waals surface area (Å²) in [6.07, 6.45) is 6.30. The van der Waals surface area contributed by atoms with Gasteiger partial charge in [-0.05, 0) is 58.1 Å². The zero-order valence-electron chi connectivity index (χ0n) is 17.3. The SMILES string of the molecule is CN=C(NCC(C)Oc1ccc(C)cc1)NC1CCCC(C(=O)NC2CC2)C1. The molecule has 0 saturated heterocycles. The van der Waals surface area contributed by atoms with Gasteiger partial charge in [-0.1, -0.05) is 24.1 Å². The van der Waals surface area contributed by atoms with Gasteiger partial charge in [0, 0.05) is 25.0 Å². The minimum Gasteiger partial charge on any atom is -0.489 e. The monoisotopic (exact) mass is 386 g/mol. The number of hydrogen-bond acceptors (Lipinski definition) is 3. The number of guanidine groups is 1. The highest BCUT2D eigenvalue weighted by Crippen LogP contribution is 2.26. The van der Waals surface area contributed by atoms with E-state index < -0.39 is 0 Å². The zero-order chi connectivity index (χ0) is 19.9. The lowest BCUT2D eigenvalue weighted by Crippen LogP contribution is -2.48. The van der Waals surface area contributed by atoms with E-state index in [1.807, 2.05) is 19.1 Å². The van der Waals surface area contributed by atoms with E-state index >= 15 is 0 Å². The molecule has 6 nitrogen and oxygen atoms in total. The van der Waals surface area contributed by atoms with Crippen molar-refractivity contribution in [1.82, 2.24) is 16.0 Å². The highest BCUT2D eigenvalue weighted by atomic mass is 16.5. The van der Waals surface area contributed by atoms with E-state index in [1.165, 1.54) is 5.56 Å². The fourth-order valence-corrected chi connectivity index (χ4v) is 3.62. The van der Waals surface area contributed by atoms with Gasteiger partial charge in [0.25, 0.3) is 0 Å². The molecule has 3 atom stereocenters. The van der Waals surface area contributed by atoms with Crippen LogP contribution >= 0.6 is 0 Å². The Bertz CT molecular complexity index is 670. The first kappa shape index (κ1) is 20.5. The molecule has 1 amide bonds. The maximum absolute atomic E-state index is 12.4. The van der Waals surface area contributed by atoms with Crippen LogP contribution in [0.2, 0.25) is 0 Å². The quantitative estimate of drug-likeness (QED) is 0.498. The third-order valence-corrected chi connectivity index (χ3v) is 5.45. The molecule has 2 saturated carbocycles. The summed E-state index contributed by atoms with van der Waals surface area (Å²) in [5.41, 5.74) is 1.22. The highest BCUT2D eigenvalue weighted by molar-refractivity contribution is 5.81. The van der Waals surface area contributed by atoms with Crippen LogP contribution in [0.4, 0.5) is 0 Å². The van der Waals surface area contributed by atoms with Gasteiger partial charge in [-0.3, -0.25) is 9.79 Å². The second-order valence-corrected chi connectivity index (χ2v) is 8.18. The summed E-state index contributed by atoms with van der Waals surface area (Å²) in [5, 5.41) is 9.99. The van der Waals surface area contributed by atoms with Crippen molar-refractivity contribution in [3.8, 4) is 5.75 Å². The van der Waals surface area contributed by atoms with E-state index in [2.05, 4.69) is 40.0 Å². The van der Waals surface area contributed by atoms with Gasteiger partial charge in [-0.15, -0.1) is 0 Å². The average molecular weight is 387 g/mol. The maximum atomic E-state index is 12.4. The van der Waals surface area contributed by atoms with Crippen LogP contribution in [0.5, 0.6) is 5.75 Å². The molecule has 0 heterocycles. The number of benzene rings is 1. The van der Waals surface area contributed by atoms with E-state index in [0.717, 1.165) is 50.2 Å². The number of aliphatic imine (C=N–C) groups is 1. The molecule has 28 heavy (non-hydrogen) atoms. The standard InChI is InChI=1S/C22H34N4O2/c1-15-7-11-20(12-8-15)28-16(2)14-24-22(23-3)26-19-6-4-5-17(13-19)21(27)25-18-9-10-18/h7-8,11-12,16-19H,4-6,9-10,13-14H2,1-3H3,(H,25,27)(H2,23,24,26). The molecule has 2 fully saturated rings. The van der Waals surface area contributed by atoms with E-state index in [9.17, 15) is 4.79 Å². The van der Waals surface area contributed by atoms with Crippen LogP contribution in [0.3, 0.4) is 0 Å². The van der Waals surface area contributed by atoms with Gasteiger partial charge in [0.1, 0.15) is 11.9 Å². The molecule has 0 spiro atoms. The zero-order valence-corrected chi connectivity index (χ0v) is 17.3. The molecule has 2 aliphatic rings. The van der Waals surface area contributed by atoms with Crippen LogP contribution in [0, 0.1) is 12.8 Å². The molecule has 0 aromatic heterocycles. The molecular formula is C22H34N4O2. The highest BCUT2D eigenvalue weighted by Gasteiger charge is 2.31. The van der Waals surface area contributed by atoms with Gasteiger partial charge in [0.05, 0.1) is 6.54 Å². The third-order valence-electron chi connectivity index (χ3n) is 5.45. The van der Waals surface area contributed by atoms with Crippen LogP contribution < -0.4 is 20.7 Å². The number of hydrogen-bond donors (Lipinski definition) is 3. The predicted molar refractivity (Wildman–Crippen MR) is 113 cm³/mol. The van der Waals surface area contributed by atoms with Crippen molar-refractivity contribution < 1.29 is 9.53 Å². The fraction of sp³-hybridized carbons (Fsp3) is 0.636. The lowest BCUT2D eigenvalue weighted by Gasteiger charge is -2.30. The smallest absolute Gasteiger partial charge is 0.223 e. The van der Waals surface area contributed by atoms with Gasteiger partial charge >= 0.3 is 0 Å². The van der Waals surface area contributed by atoms with Crippen molar-refractivity contribution >= 4 is 11.9 Å². The van der Waals surface area contributed by atoms with E-state index in [1.54, 1.807) is 7.05 Å². The molecule has 0 radical (unpaired) electrons. The number of nitrogens with one attached hydrogen (secondary N) is 3. The molecule has 154 valence electrons. The van der Waals surface area contributed by atoms with E-state index in [0.29, 0.717) is 12.6 Å². The summed E-state index contributed by atoms with van der Waals surface area (Å²) in [5.74, 6) is 2.00. The van der Waals surface area contributed by atoms with Crippen molar-refractivity contribution in [2.45, 2.75) is 70.6 Å². The molecule has 3 rings (SSSR count). The Kier molecular flexibility index (Phi) is 7.18. The number of ether oxygens (including phenoxy) is 1. The molecular weight excluding hydrogens is 352 g/mol. The first-order valence-electron chi connectivity index (χ1n) is 10.5. The summed E-state index contributed by atoms with van der Waals surface area (Å²) >= 11 is 0. The lowest BCUT2D eigenvalue weighted by molar-refractivity contribution is -0.126. The second kappa shape index (κ2) is 9.80. The molecule has 1 aromatic rings. The summed E-state index contributed by atoms with van der Waals surface area (Å²) in [6, 6.07) is 8.80. The summed E-state index contributed by atoms with van der Waals surface area (Å²) < 4.78 is 5.95.